The summed E-state index contributed by atoms with van der Waals surface area (Å²) in [6.07, 6.45) is 1.66. The summed E-state index contributed by atoms with van der Waals surface area (Å²) in [7, 11) is 1.50. The fraction of sp³-hybridized carbons (Fsp3) is 0.367. The van der Waals surface area contributed by atoms with Crippen molar-refractivity contribution in [2.75, 3.05) is 7.11 Å². The van der Waals surface area contributed by atoms with Crippen LogP contribution in [0.2, 0.25) is 0 Å². The van der Waals surface area contributed by atoms with Crippen molar-refractivity contribution in [3.63, 3.8) is 0 Å². The van der Waals surface area contributed by atoms with Gasteiger partial charge in [-0.3, -0.25) is 4.79 Å². The number of hydrogen-bond donors (Lipinski definition) is 1. The first-order valence-corrected chi connectivity index (χ1v) is 12.2. The number of ether oxygens (including phenoxy) is 2. The molecule has 0 aliphatic carbocycles. The van der Waals surface area contributed by atoms with Crippen LogP contribution in [0.3, 0.4) is 0 Å². The first-order valence-electron chi connectivity index (χ1n) is 12.2. The molecule has 0 saturated carbocycles. The molecule has 0 fully saturated rings. The Labute approximate surface area is 211 Å². The SMILES string of the molecule is CCC[C@@H](CC(=O)O)c1cccc(OCc2ccc(-c3cc(OC)ccc3F)c(C(C)(C)C)c2F)c1. The van der Waals surface area contributed by atoms with Crippen LogP contribution in [0.25, 0.3) is 11.1 Å². The molecule has 0 saturated heterocycles. The van der Waals surface area contributed by atoms with E-state index in [1.165, 1.54) is 19.2 Å². The second-order valence-corrected chi connectivity index (χ2v) is 10.0. The van der Waals surface area contributed by atoms with Gasteiger partial charge >= 0.3 is 5.97 Å². The normalized spacial score (nSPS) is 12.3. The van der Waals surface area contributed by atoms with Gasteiger partial charge in [-0.25, -0.2) is 8.78 Å². The molecule has 36 heavy (non-hydrogen) atoms. The maximum atomic E-state index is 15.9. The molecule has 0 heterocycles. The highest BCUT2D eigenvalue weighted by molar-refractivity contribution is 5.71. The predicted molar refractivity (Wildman–Crippen MR) is 138 cm³/mol. The lowest BCUT2D eigenvalue weighted by Crippen LogP contribution is -2.17. The summed E-state index contributed by atoms with van der Waals surface area (Å²) in [5, 5.41) is 9.26. The lowest BCUT2D eigenvalue weighted by Gasteiger charge is -2.26. The second kappa shape index (κ2) is 11.5. The van der Waals surface area contributed by atoms with Gasteiger partial charge < -0.3 is 14.6 Å². The van der Waals surface area contributed by atoms with Crippen LogP contribution in [-0.2, 0) is 16.8 Å². The Balaban J connectivity index is 1.93. The van der Waals surface area contributed by atoms with E-state index in [9.17, 15) is 14.3 Å². The van der Waals surface area contributed by atoms with Crippen molar-refractivity contribution in [2.45, 2.75) is 64.9 Å². The van der Waals surface area contributed by atoms with Crippen LogP contribution in [0.15, 0.2) is 54.6 Å². The van der Waals surface area contributed by atoms with Gasteiger partial charge in [0.25, 0.3) is 0 Å². The minimum absolute atomic E-state index is 0.0172. The Bertz CT molecular complexity index is 1210. The molecule has 0 radical (unpaired) electrons. The Hall–Kier alpha value is -3.41. The van der Waals surface area contributed by atoms with Crippen LogP contribution in [0.4, 0.5) is 8.78 Å². The quantitative estimate of drug-likeness (QED) is 0.310. The molecule has 192 valence electrons. The van der Waals surface area contributed by atoms with E-state index in [2.05, 4.69) is 0 Å². The molecule has 0 amide bonds. The Morgan fingerprint density at radius 1 is 1.00 bits per heavy atom. The number of methoxy groups -OCH3 is 1. The van der Waals surface area contributed by atoms with Gasteiger partial charge in [0.05, 0.1) is 13.5 Å². The topological polar surface area (TPSA) is 55.8 Å². The van der Waals surface area contributed by atoms with Gasteiger partial charge in [0, 0.05) is 16.7 Å². The molecular weight excluding hydrogens is 462 g/mol. The standard InChI is InChI=1S/C30H34F2O4/c1-6-8-19(16-27(33)34)20-9-7-10-23(15-20)36-18-21-11-13-24(28(29(21)32)30(2,3)4)25-17-22(35-5)12-14-26(25)31/h7,9-15,17,19H,6,8,16,18H2,1-5H3,(H,33,34)/t19-/m0/s1. The van der Waals surface area contributed by atoms with Crippen LogP contribution in [0.5, 0.6) is 11.5 Å². The van der Waals surface area contributed by atoms with Crippen LogP contribution >= 0.6 is 0 Å². The second-order valence-electron chi connectivity index (χ2n) is 10.0. The molecule has 0 aliphatic rings. The largest absolute Gasteiger partial charge is 0.497 e. The molecule has 4 nitrogen and oxygen atoms in total. The number of aliphatic carboxylic acids is 1. The minimum atomic E-state index is -0.843. The minimum Gasteiger partial charge on any atom is -0.497 e. The van der Waals surface area contributed by atoms with Gasteiger partial charge in [0.2, 0.25) is 0 Å². The zero-order chi connectivity index (χ0) is 26.5. The van der Waals surface area contributed by atoms with Gasteiger partial charge in [-0.15, -0.1) is 0 Å². The average Bonchev–Trinajstić information content (AvgIpc) is 2.82. The molecule has 0 bridgehead atoms. The predicted octanol–water partition coefficient (Wildman–Crippen LogP) is 7.88. The number of benzene rings is 3. The Morgan fingerprint density at radius 2 is 1.75 bits per heavy atom. The van der Waals surface area contributed by atoms with Crippen molar-refractivity contribution in [3.05, 3.63) is 82.9 Å². The molecular formula is C30H34F2O4. The first kappa shape index (κ1) is 27.2. The number of carbonyl (C=O) groups is 1. The van der Waals surface area contributed by atoms with Gasteiger partial charge in [-0.2, -0.15) is 0 Å². The third kappa shape index (κ3) is 6.42. The maximum absolute atomic E-state index is 15.9. The molecule has 3 aromatic rings. The van der Waals surface area contributed by atoms with Crippen molar-refractivity contribution < 1.29 is 28.2 Å². The van der Waals surface area contributed by atoms with E-state index in [4.69, 9.17) is 9.47 Å². The van der Waals surface area contributed by atoms with E-state index in [1.807, 2.05) is 45.9 Å². The van der Waals surface area contributed by atoms with Gasteiger partial charge in [-0.1, -0.05) is 58.4 Å². The third-order valence-corrected chi connectivity index (χ3v) is 6.22. The van der Waals surface area contributed by atoms with E-state index in [0.29, 0.717) is 28.2 Å². The monoisotopic (exact) mass is 496 g/mol. The summed E-state index contributed by atoms with van der Waals surface area (Å²) in [6, 6.07) is 15.1. The lowest BCUT2D eigenvalue weighted by molar-refractivity contribution is -0.137. The van der Waals surface area contributed by atoms with Gasteiger partial charge in [-0.05, 0) is 59.2 Å². The summed E-state index contributed by atoms with van der Waals surface area (Å²) in [6.45, 7) is 7.66. The van der Waals surface area contributed by atoms with Crippen molar-refractivity contribution >= 4 is 5.97 Å². The van der Waals surface area contributed by atoms with Crippen molar-refractivity contribution in [3.8, 4) is 22.6 Å². The highest BCUT2D eigenvalue weighted by Gasteiger charge is 2.27. The number of hydrogen-bond acceptors (Lipinski definition) is 3. The van der Waals surface area contributed by atoms with E-state index in [-0.39, 0.29) is 24.5 Å². The fourth-order valence-corrected chi connectivity index (χ4v) is 4.49. The molecule has 6 heteroatoms. The van der Waals surface area contributed by atoms with Crippen LogP contribution in [-0.4, -0.2) is 18.2 Å². The third-order valence-electron chi connectivity index (χ3n) is 6.22. The summed E-state index contributed by atoms with van der Waals surface area (Å²) in [5.41, 5.74) is 1.78. The van der Waals surface area contributed by atoms with Crippen LogP contribution in [0, 0.1) is 11.6 Å². The number of carboxylic acid groups (broad SMARTS) is 1. The van der Waals surface area contributed by atoms with Crippen molar-refractivity contribution in [2.24, 2.45) is 0 Å². The molecule has 3 aromatic carbocycles. The highest BCUT2D eigenvalue weighted by atomic mass is 19.1. The van der Waals surface area contributed by atoms with E-state index >= 15 is 4.39 Å². The van der Waals surface area contributed by atoms with Crippen molar-refractivity contribution in [1.29, 1.82) is 0 Å². The maximum Gasteiger partial charge on any atom is 0.303 e. The molecule has 0 aliphatic heterocycles. The average molecular weight is 497 g/mol. The first-order chi connectivity index (χ1) is 17.0. The van der Waals surface area contributed by atoms with E-state index < -0.39 is 23.0 Å². The summed E-state index contributed by atoms with van der Waals surface area (Å²) < 4.78 is 41.8. The zero-order valence-electron chi connectivity index (χ0n) is 21.5. The molecule has 0 aromatic heterocycles. The Kier molecular flexibility index (Phi) is 8.72. The lowest BCUT2D eigenvalue weighted by atomic mass is 9.80. The summed E-state index contributed by atoms with van der Waals surface area (Å²) in [5.74, 6) is -0.819. The van der Waals surface area contributed by atoms with Crippen molar-refractivity contribution in [1.82, 2.24) is 0 Å². The zero-order valence-corrected chi connectivity index (χ0v) is 21.5. The molecule has 1 N–H and O–H groups in total. The number of halogens is 2. The fourth-order valence-electron chi connectivity index (χ4n) is 4.49. The summed E-state index contributed by atoms with van der Waals surface area (Å²) in [4.78, 5) is 11.3. The summed E-state index contributed by atoms with van der Waals surface area (Å²) >= 11 is 0. The molecule has 0 unspecified atom stereocenters. The van der Waals surface area contributed by atoms with Crippen LogP contribution < -0.4 is 9.47 Å². The number of rotatable bonds is 10. The molecule has 0 spiro atoms. The van der Waals surface area contributed by atoms with Gasteiger partial charge in [0.1, 0.15) is 29.7 Å². The van der Waals surface area contributed by atoms with E-state index in [0.717, 1.165) is 18.4 Å². The number of carboxylic acids is 1. The smallest absolute Gasteiger partial charge is 0.303 e. The van der Waals surface area contributed by atoms with E-state index in [1.54, 1.807) is 24.3 Å². The van der Waals surface area contributed by atoms with Crippen LogP contribution in [0.1, 0.15) is 69.6 Å². The molecule has 1 atom stereocenters. The van der Waals surface area contributed by atoms with Gasteiger partial charge in [0.15, 0.2) is 0 Å². The Morgan fingerprint density at radius 3 is 2.39 bits per heavy atom. The molecule has 3 rings (SSSR count). The highest BCUT2D eigenvalue weighted by Crippen LogP contribution is 2.39.